The fraction of sp³-hybridized carbons (Fsp3) is 0.667. The molecule has 7 heteroatoms. The molecule has 1 aromatic heterocycles. The lowest BCUT2D eigenvalue weighted by Crippen LogP contribution is -2.14. The van der Waals surface area contributed by atoms with E-state index in [4.69, 9.17) is 5.11 Å². The van der Waals surface area contributed by atoms with Gasteiger partial charge in [0.2, 0.25) is 5.16 Å². The molecule has 1 saturated heterocycles. The SMILES string of the molecule is CC1(c2nc(SCC(=O)O)n[nH]2)CCCS1. The van der Waals surface area contributed by atoms with Gasteiger partial charge in [0, 0.05) is 0 Å². The van der Waals surface area contributed by atoms with Gasteiger partial charge in [-0.3, -0.25) is 9.89 Å². The van der Waals surface area contributed by atoms with Gasteiger partial charge < -0.3 is 5.11 Å². The number of rotatable bonds is 4. The van der Waals surface area contributed by atoms with E-state index in [2.05, 4.69) is 22.1 Å². The Morgan fingerprint density at radius 3 is 3.19 bits per heavy atom. The summed E-state index contributed by atoms with van der Waals surface area (Å²) in [6, 6.07) is 0. The Hall–Kier alpha value is -0.690. The van der Waals surface area contributed by atoms with Crippen LogP contribution < -0.4 is 0 Å². The molecule has 1 fully saturated rings. The second-order valence-corrected chi connectivity index (χ2v) is 6.37. The molecule has 2 N–H and O–H groups in total. The lowest BCUT2D eigenvalue weighted by atomic mass is 10.1. The summed E-state index contributed by atoms with van der Waals surface area (Å²) in [6.45, 7) is 2.15. The van der Waals surface area contributed by atoms with E-state index in [0.717, 1.165) is 29.8 Å². The first-order chi connectivity index (χ1) is 7.60. The number of aromatic amines is 1. The number of aromatic nitrogens is 3. The smallest absolute Gasteiger partial charge is 0.313 e. The molecular formula is C9H13N3O2S2. The third kappa shape index (κ3) is 2.52. The largest absolute Gasteiger partial charge is 0.481 e. The standard InChI is InChI=1S/C9H13N3O2S2/c1-9(3-2-4-16-9)7-10-8(12-11-7)15-5-6(13)14/h2-5H2,1H3,(H,13,14)(H,10,11,12). The van der Waals surface area contributed by atoms with Crippen LogP contribution in [-0.4, -0.2) is 37.8 Å². The Labute approximate surface area is 102 Å². The fourth-order valence-electron chi connectivity index (χ4n) is 1.64. The van der Waals surface area contributed by atoms with Gasteiger partial charge in [0.1, 0.15) is 5.82 Å². The number of carbonyl (C=O) groups is 1. The van der Waals surface area contributed by atoms with Gasteiger partial charge in [-0.2, -0.15) is 0 Å². The van der Waals surface area contributed by atoms with E-state index in [1.54, 1.807) is 0 Å². The van der Waals surface area contributed by atoms with E-state index in [1.807, 2.05) is 11.8 Å². The summed E-state index contributed by atoms with van der Waals surface area (Å²) in [5, 5.41) is 16.0. The lowest BCUT2D eigenvalue weighted by Gasteiger charge is -2.18. The molecule has 5 nitrogen and oxygen atoms in total. The molecule has 0 spiro atoms. The van der Waals surface area contributed by atoms with Crippen LogP contribution in [0.1, 0.15) is 25.6 Å². The average Bonchev–Trinajstić information content (AvgIpc) is 2.84. The van der Waals surface area contributed by atoms with Crippen molar-refractivity contribution in [2.45, 2.75) is 29.7 Å². The topological polar surface area (TPSA) is 78.9 Å². The zero-order valence-electron chi connectivity index (χ0n) is 8.89. The highest BCUT2D eigenvalue weighted by atomic mass is 32.2. The number of nitrogens with zero attached hydrogens (tertiary/aromatic N) is 2. The molecule has 0 aromatic carbocycles. The van der Waals surface area contributed by atoms with Crippen molar-refractivity contribution in [3.8, 4) is 0 Å². The molecule has 0 amide bonds. The van der Waals surface area contributed by atoms with Gasteiger partial charge in [0.05, 0.1) is 10.5 Å². The third-order valence-corrected chi connectivity index (χ3v) is 4.87. The Morgan fingerprint density at radius 2 is 2.56 bits per heavy atom. The Kier molecular flexibility index (Phi) is 3.44. The molecule has 1 atom stereocenters. The molecule has 1 aromatic rings. The van der Waals surface area contributed by atoms with Gasteiger partial charge >= 0.3 is 5.97 Å². The molecule has 0 bridgehead atoms. The van der Waals surface area contributed by atoms with Gasteiger partial charge in [-0.05, 0) is 25.5 Å². The average molecular weight is 259 g/mol. The highest BCUT2D eigenvalue weighted by molar-refractivity contribution is 8.00. The minimum atomic E-state index is -0.849. The van der Waals surface area contributed by atoms with E-state index in [1.165, 1.54) is 6.42 Å². The van der Waals surface area contributed by atoms with E-state index in [0.29, 0.717) is 5.16 Å². The predicted octanol–water partition coefficient (Wildman–Crippen LogP) is 1.72. The Bertz CT molecular complexity index is 388. The molecule has 1 unspecified atom stereocenters. The first-order valence-electron chi connectivity index (χ1n) is 5.01. The second kappa shape index (κ2) is 4.67. The first-order valence-corrected chi connectivity index (χ1v) is 6.99. The van der Waals surface area contributed by atoms with Crippen LogP contribution in [-0.2, 0) is 9.54 Å². The van der Waals surface area contributed by atoms with Crippen molar-refractivity contribution in [3.63, 3.8) is 0 Å². The summed E-state index contributed by atoms with van der Waals surface area (Å²) in [4.78, 5) is 14.8. The first kappa shape index (κ1) is 11.8. The van der Waals surface area contributed by atoms with Crippen LogP contribution >= 0.6 is 23.5 Å². The molecule has 2 rings (SSSR count). The highest BCUT2D eigenvalue weighted by Crippen LogP contribution is 2.44. The molecule has 2 heterocycles. The summed E-state index contributed by atoms with van der Waals surface area (Å²) in [5.74, 6) is 1.16. The summed E-state index contributed by atoms with van der Waals surface area (Å²) >= 11 is 3.02. The molecule has 1 aliphatic rings. The van der Waals surface area contributed by atoms with E-state index in [-0.39, 0.29) is 10.5 Å². The maximum absolute atomic E-state index is 10.4. The zero-order chi connectivity index (χ0) is 11.6. The van der Waals surface area contributed by atoms with Gasteiger partial charge in [-0.25, -0.2) is 4.98 Å². The zero-order valence-corrected chi connectivity index (χ0v) is 10.5. The van der Waals surface area contributed by atoms with Crippen LogP contribution in [0.3, 0.4) is 0 Å². The van der Waals surface area contributed by atoms with E-state index >= 15 is 0 Å². The molecule has 0 aliphatic carbocycles. The van der Waals surface area contributed by atoms with Crippen LogP contribution in [0.4, 0.5) is 0 Å². The monoisotopic (exact) mass is 259 g/mol. The number of thioether (sulfide) groups is 2. The van der Waals surface area contributed by atoms with E-state index in [9.17, 15) is 4.79 Å². The summed E-state index contributed by atoms with van der Waals surface area (Å²) in [7, 11) is 0. The Balaban J connectivity index is 2.04. The van der Waals surface area contributed by atoms with Crippen molar-refractivity contribution < 1.29 is 9.90 Å². The molecule has 0 saturated carbocycles. The van der Waals surface area contributed by atoms with Crippen molar-refractivity contribution in [1.29, 1.82) is 0 Å². The van der Waals surface area contributed by atoms with Gasteiger partial charge in [0.25, 0.3) is 0 Å². The van der Waals surface area contributed by atoms with Gasteiger partial charge in [-0.15, -0.1) is 16.9 Å². The van der Waals surface area contributed by atoms with Crippen LogP contribution in [0.2, 0.25) is 0 Å². The van der Waals surface area contributed by atoms with Crippen molar-refractivity contribution >= 4 is 29.5 Å². The number of hydrogen-bond acceptors (Lipinski definition) is 5. The summed E-state index contributed by atoms with van der Waals surface area (Å²) in [6.07, 6.45) is 2.29. The van der Waals surface area contributed by atoms with Gasteiger partial charge in [-0.1, -0.05) is 11.8 Å². The second-order valence-electron chi connectivity index (χ2n) is 3.83. The lowest BCUT2D eigenvalue weighted by molar-refractivity contribution is -0.133. The van der Waals surface area contributed by atoms with E-state index < -0.39 is 5.97 Å². The van der Waals surface area contributed by atoms with Crippen LogP contribution in [0.5, 0.6) is 0 Å². The summed E-state index contributed by atoms with van der Waals surface area (Å²) < 4.78 is 0.0229. The number of H-pyrrole nitrogens is 1. The quantitative estimate of drug-likeness (QED) is 0.802. The van der Waals surface area contributed by atoms with Crippen LogP contribution in [0, 0.1) is 0 Å². The normalized spacial score (nSPS) is 24.8. The molecular weight excluding hydrogens is 246 g/mol. The predicted molar refractivity (Wildman–Crippen MR) is 63.8 cm³/mol. The van der Waals surface area contributed by atoms with Crippen molar-refractivity contribution in [3.05, 3.63) is 5.82 Å². The molecule has 88 valence electrons. The van der Waals surface area contributed by atoms with Crippen molar-refractivity contribution in [2.24, 2.45) is 0 Å². The maximum Gasteiger partial charge on any atom is 0.313 e. The minimum absolute atomic E-state index is 0.00114. The summed E-state index contributed by atoms with van der Waals surface area (Å²) in [5.41, 5.74) is 0. The third-order valence-electron chi connectivity index (χ3n) is 2.51. The number of nitrogens with one attached hydrogen (secondary N) is 1. The minimum Gasteiger partial charge on any atom is -0.481 e. The van der Waals surface area contributed by atoms with Crippen molar-refractivity contribution in [1.82, 2.24) is 15.2 Å². The molecule has 1 aliphatic heterocycles. The van der Waals surface area contributed by atoms with Crippen LogP contribution in [0.25, 0.3) is 0 Å². The molecule has 16 heavy (non-hydrogen) atoms. The Morgan fingerprint density at radius 1 is 1.75 bits per heavy atom. The van der Waals surface area contributed by atoms with Gasteiger partial charge in [0.15, 0.2) is 0 Å². The number of hydrogen-bond donors (Lipinski definition) is 2. The van der Waals surface area contributed by atoms with Crippen molar-refractivity contribution in [2.75, 3.05) is 11.5 Å². The highest BCUT2D eigenvalue weighted by Gasteiger charge is 2.34. The maximum atomic E-state index is 10.4. The molecule has 0 radical (unpaired) electrons. The number of carboxylic acid groups (broad SMARTS) is 1. The fourth-order valence-corrected chi connectivity index (χ4v) is 3.41. The number of carboxylic acids is 1. The number of aliphatic carboxylic acids is 1. The van der Waals surface area contributed by atoms with Crippen LogP contribution in [0.15, 0.2) is 5.16 Å².